The summed E-state index contributed by atoms with van der Waals surface area (Å²) in [5.74, 6) is 0.452. The monoisotopic (exact) mass is 166 g/mol. The van der Waals surface area contributed by atoms with E-state index >= 15 is 0 Å². The lowest BCUT2D eigenvalue weighted by atomic mass is 9.71. The van der Waals surface area contributed by atoms with Gasteiger partial charge in [-0.3, -0.25) is 4.79 Å². The number of hydrazone groups is 1. The van der Waals surface area contributed by atoms with Crippen LogP contribution >= 0.6 is 0 Å². The van der Waals surface area contributed by atoms with Crippen LogP contribution in [0.1, 0.15) is 26.7 Å². The molecule has 2 rings (SSSR count). The van der Waals surface area contributed by atoms with E-state index in [1.807, 2.05) is 0 Å². The van der Waals surface area contributed by atoms with Gasteiger partial charge < -0.3 is 5.43 Å². The summed E-state index contributed by atoms with van der Waals surface area (Å²) in [6.45, 7) is 4.98. The summed E-state index contributed by atoms with van der Waals surface area (Å²) in [6, 6.07) is 0. The predicted molar refractivity (Wildman–Crippen MR) is 46.9 cm³/mol. The molecule has 1 N–H and O–H groups in total. The van der Waals surface area contributed by atoms with Crippen molar-refractivity contribution in [3.05, 3.63) is 0 Å². The van der Waals surface area contributed by atoms with Crippen LogP contribution in [0.15, 0.2) is 5.10 Å². The van der Waals surface area contributed by atoms with Crippen LogP contribution in [-0.4, -0.2) is 18.0 Å². The summed E-state index contributed by atoms with van der Waals surface area (Å²) < 4.78 is 0. The molecule has 1 unspecified atom stereocenters. The van der Waals surface area contributed by atoms with Crippen LogP contribution in [0.4, 0.5) is 0 Å². The van der Waals surface area contributed by atoms with E-state index in [4.69, 9.17) is 0 Å². The number of nitrogens with one attached hydrogen (secondary N) is 1. The number of hydrogen-bond donors (Lipinski definition) is 1. The normalized spacial score (nSPS) is 32.3. The van der Waals surface area contributed by atoms with Crippen molar-refractivity contribution in [2.45, 2.75) is 26.7 Å². The van der Waals surface area contributed by atoms with E-state index in [-0.39, 0.29) is 11.3 Å². The van der Waals surface area contributed by atoms with Crippen LogP contribution < -0.4 is 5.43 Å². The minimum atomic E-state index is 0.0954. The van der Waals surface area contributed by atoms with Crippen LogP contribution in [0.5, 0.6) is 0 Å². The largest absolute Gasteiger partial charge is 0.309 e. The Morgan fingerprint density at radius 1 is 1.50 bits per heavy atom. The summed E-state index contributed by atoms with van der Waals surface area (Å²) >= 11 is 0. The lowest BCUT2D eigenvalue weighted by molar-refractivity contribution is -0.123. The van der Waals surface area contributed by atoms with Crippen molar-refractivity contribution in [1.82, 2.24) is 5.43 Å². The topological polar surface area (TPSA) is 41.5 Å². The molecule has 0 aromatic carbocycles. The minimum Gasteiger partial charge on any atom is -0.309 e. The third-order valence-corrected chi connectivity index (χ3v) is 2.62. The van der Waals surface area contributed by atoms with Crippen molar-refractivity contribution in [2.75, 3.05) is 6.54 Å². The molecule has 0 spiro atoms. The van der Waals surface area contributed by atoms with Gasteiger partial charge in [0, 0.05) is 13.0 Å². The first-order chi connectivity index (χ1) is 5.58. The summed E-state index contributed by atoms with van der Waals surface area (Å²) in [5.41, 5.74) is 4.09. The van der Waals surface area contributed by atoms with Gasteiger partial charge in [0.2, 0.25) is 0 Å². The maximum absolute atomic E-state index is 11.6. The molecule has 0 radical (unpaired) electrons. The Labute approximate surface area is 72.2 Å². The number of Topliss-reactive ketones (excluding diaryl/α,β-unsaturated/α-hetero) is 1. The maximum atomic E-state index is 11.6. The number of hydrogen-bond acceptors (Lipinski definition) is 3. The van der Waals surface area contributed by atoms with Crippen molar-refractivity contribution in [2.24, 2.45) is 16.4 Å². The van der Waals surface area contributed by atoms with E-state index in [0.717, 1.165) is 18.7 Å². The molecule has 2 aliphatic rings. The fraction of sp³-hybridized carbons (Fsp3) is 0.778. The lowest BCUT2D eigenvalue weighted by Crippen LogP contribution is -2.37. The Balaban J connectivity index is 2.25. The molecule has 3 heteroatoms. The van der Waals surface area contributed by atoms with Crippen molar-refractivity contribution < 1.29 is 4.79 Å². The van der Waals surface area contributed by atoms with Gasteiger partial charge in [-0.25, -0.2) is 0 Å². The molecule has 3 nitrogen and oxygen atoms in total. The number of fused-ring (bicyclic) bond motifs is 1. The fourth-order valence-electron chi connectivity index (χ4n) is 2.04. The zero-order chi connectivity index (χ0) is 8.77. The molecule has 0 aromatic heterocycles. The van der Waals surface area contributed by atoms with Crippen LogP contribution in [-0.2, 0) is 4.79 Å². The maximum Gasteiger partial charge on any atom is 0.144 e. The number of ketones is 1. The van der Waals surface area contributed by atoms with Crippen LogP contribution in [0, 0.1) is 11.3 Å². The Bertz CT molecular complexity index is 255. The second-order valence-electron chi connectivity index (χ2n) is 4.50. The molecular weight excluding hydrogens is 152 g/mol. The molecule has 1 heterocycles. The smallest absolute Gasteiger partial charge is 0.144 e. The molecule has 66 valence electrons. The number of rotatable bonds is 0. The first-order valence-corrected chi connectivity index (χ1v) is 4.40. The molecule has 1 atom stereocenters. The van der Waals surface area contributed by atoms with Crippen LogP contribution in [0.3, 0.4) is 0 Å². The Morgan fingerprint density at radius 2 is 2.25 bits per heavy atom. The second kappa shape index (κ2) is 2.31. The van der Waals surface area contributed by atoms with E-state index in [2.05, 4.69) is 24.4 Å². The molecule has 1 fully saturated rings. The lowest BCUT2D eigenvalue weighted by Gasteiger charge is -2.31. The molecular formula is C9H14N2O. The van der Waals surface area contributed by atoms with Gasteiger partial charge in [-0.2, -0.15) is 5.10 Å². The molecule has 1 aliphatic carbocycles. The third kappa shape index (κ3) is 1.13. The zero-order valence-electron chi connectivity index (χ0n) is 7.55. The van der Waals surface area contributed by atoms with Gasteiger partial charge >= 0.3 is 0 Å². The van der Waals surface area contributed by atoms with Gasteiger partial charge in [-0.05, 0) is 11.8 Å². The van der Waals surface area contributed by atoms with E-state index in [1.54, 1.807) is 0 Å². The summed E-state index contributed by atoms with van der Waals surface area (Å²) in [7, 11) is 0. The van der Waals surface area contributed by atoms with Crippen molar-refractivity contribution in [3.8, 4) is 0 Å². The van der Waals surface area contributed by atoms with Crippen molar-refractivity contribution in [3.63, 3.8) is 0 Å². The highest BCUT2D eigenvalue weighted by molar-refractivity contribution is 6.08. The number of nitrogens with zero attached hydrogens (tertiary/aromatic N) is 1. The first-order valence-electron chi connectivity index (χ1n) is 4.40. The molecule has 1 aliphatic heterocycles. The highest BCUT2D eigenvalue weighted by Crippen LogP contribution is 2.35. The Kier molecular flexibility index (Phi) is 1.50. The van der Waals surface area contributed by atoms with Gasteiger partial charge in [0.05, 0.1) is 11.6 Å². The van der Waals surface area contributed by atoms with Crippen LogP contribution in [0.2, 0.25) is 0 Å². The first kappa shape index (κ1) is 7.77. The third-order valence-electron chi connectivity index (χ3n) is 2.62. The molecule has 12 heavy (non-hydrogen) atoms. The second-order valence-corrected chi connectivity index (χ2v) is 4.50. The Hall–Kier alpha value is -0.860. The van der Waals surface area contributed by atoms with E-state index in [1.165, 1.54) is 0 Å². The van der Waals surface area contributed by atoms with Gasteiger partial charge in [0.1, 0.15) is 5.78 Å². The highest BCUT2D eigenvalue weighted by atomic mass is 16.1. The summed E-state index contributed by atoms with van der Waals surface area (Å²) in [5, 5.41) is 4.15. The Morgan fingerprint density at radius 3 is 3.00 bits per heavy atom. The number of carbonyl (C=O) groups is 1. The van der Waals surface area contributed by atoms with Crippen LogP contribution in [0.25, 0.3) is 0 Å². The van der Waals surface area contributed by atoms with Gasteiger partial charge in [-0.1, -0.05) is 13.8 Å². The van der Waals surface area contributed by atoms with Gasteiger partial charge in [0.25, 0.3) is 0 Å². The van der Waals surface area contributed by atoms with Gasteiger partial charge in [0.15, 0.2) is 0 Å². The average Bonchev–Trinajstić information content (AvgIpc) is 2.31. The van der Waals surface area contributed by atoms with Crippen molar-refractivity contribution >= 4 is 11.5 Å². The highest BCUT2D eigenvalue weighted by Gasteiger charge is 2.39. The van der Waals surface area contributed by atoms with E-state index < -0.39 is 0 Å². The standard InChI is InChI=1S/C9H14N2O/c1-9(2)3-7-6(5-10-11-7)8(12)4-9/h6,10H,3-5H2,1-2H3. The fourth-order valence-corrected chi connectivity index (χ4v) is 2.04. The van der Waals surface area contributed by atoms with Gasteiger partial charge in [-0.15, -0.1) is 0 Å². The zero-order valence-corrected chi connectivity index (χ0v) is 7.55. The average molecular weight is 166 g/mol. The molecule has 0 aromatic rings. The SMILES string of the molecule is CC1(C)CC(=O)C2CNN=C2C1. The molecule has 0 saturated heterocycles. The van der Waals surface area contributed by atoms with E-state index in [9.17, 15) is 4.79 Å². The van der Waals surface area contributed by atoms with Crippen molar-refractivity contribution in [1.29, 1.82) is 0 Å². The minimum absolute atomic E-state index is 0.0954. The van der Waals surface area contributed by atoms with E-state index in [0.29, 0.717) is 12.2 Å². The number of carbonyl (C=O) groups excluding carboxylic acids is 1. The summed E-state index contributed by atoms with van der Waals surface area (Å²) in [6.07, 6.45) is 1.68. The molecule has 0 amide bonds. The summed E-state index contributed by atoms with van der Waals surface area (Å²) in [4.78, 5) is 11.6. The quantitative estimate of drug-likeness (QED) is 0.582. The molecule has 1 saturated carbocycles. The molecule has 0 bridgehead atoms. The predicted octanol–water partition coefficient (Wildman–Crippen LogP) is 0.951.